The number of rotatable bonds is 4. The Labute approximate surface area is 119 Å². The lowest BCUT2D eigenvalue weighted by molar-refractivity contribution is 0.301. The molecule has 0 amide bonds. The standard InChI is InChI=1S/C13H20N2O2S2/c1-18-13(11-14)7-9-15(10-8-13)19(16,17)12-5-3-2-4-6-12/h2-6H,7-11,14H2,1H3. The Morgan fingerprint density at radius 2 is 1.84 bits per heavy atom. The summed E-state index contributed by atoms with van der Waals surface area (Å²) >= 11 is 1.76. The molecule has 0 unspecified atom stereocenters. The largest absolute Gasteiger partial charge is 0.329 e. The fraction of sp³-hybridized carbons (Fsp3) is 0.538. The zero-order valence-corrected chi connectivity index (χ0v) is 12.7. The summed E-state index contributed by atoms with van der Waals surface area (Å²) in [7, 11) is -3.35. The van der Waals surface area contributed by atoms with E-state index in [9.17, 15) is 8.42 Å². The van der Waals surface area contributed by atoms with E-state index in [2.05, 4.69) is 0 Å². The normalized spacial score (nSPS) is 20.3. The van der Waals surface area contributed by atoms with Crippen molar-refractivity contribution >= 4 is 21.8 Å². The van der Waals surface area contributed by atoms with Crippen LogP contribution in [0, 0.1) is 0 Å². The first-order valence-corrected chi connectivity index (χ1v) is 9.01. The monoisotopic (exact) mass is 300 g/mol. The Hall–Kier alpha value is -0.560. The molecule has 1 aliphatic rings. The van der Waals surface area contributed by atoms with Gasteiger partial charge in [-0.15, -0.1) is 0 Å². The highest BCUT2D eigenvalue weighted by atomic mass is 32.2. The maximum Gasteiger partial charge on any atom is 0.243 e. The van der Waals surface area contributed by atoms with Gasteiger partial charge in [-0.3, -0.25) is 0 Å². The van der Waals surface area contributed by atoms with Gasteiger partial charge in [-0.05, 0) is 31.2 Å². The minimum absolute atomic E-state index is 0.0444. The number of hydrogen-bond donors (Lipinski definition) is 1. The Kier molecular flexibility index (Phi) is 4.55. The second-order valence-electron chi connectivity index (χ2n) is 4.81. The smallest absolute Gasteiger partial charge is 0.243 e. The van der Waals surface area contributed by atoms with Crippen LogP contribution in [0.5, 0.6) is 0 Å². The Morgan fingerprint density at radius 3 is 2.32 bits per heavy atom. The van der Waals surface area contributed by atoms with Crippen molar-refractivity contribution in [2.75, 3.05) is 25.9 Å². The van der Waals surface area contributed by atoms with Crippen LogP contribution in [0.2, 0.25) is 0 Å². The molecule has 1 aromatic rings. The highest BCUT2D eigenvalue weighted by Crippen LogP contribution is 2.35. The molecule has 1 aromatic carbocycles. The van der Waals surface area contributed by atoms with Gasteiger partial charge in [0.25, 0.3) is 0 Å². The molecule has 2 N–H and O–H groups in total. The predicted octanol–water partition coefficient (Wildman–Crippen LogP) is 1.53. The first-order valence-electron chi connectivity index (χ1n) is 6.34. The van der Waals surface area contributed by atoms with E-state index >= 15 is 0 Å². The minimum atomic E-state index is -3.35. The molecule has 0 atom stereocenters. The summed E-state index contributed by atoms with van der Waals surface area (Å²) in [4.78, 5) is 0.374. The van der Waals surface area contributed by atoms with Gasteiger partial charge in [-0.1, -0.05) is 18.2 Å². The van der Waals surface area contributed by atoms with E-state index in [0.29, 0.717) is 24.5 Å². The van der Waals surface area contributed by atoms with E-state index in [1.807, 2.05) is 12.3 Å². The third-order valence-electron chi connectivity index (χ3n) is 3.82. The zero-order valence-electron chi connectivity index (χ0n) is 11.1. The van der Waals surface area contributed by atoms with Crippen molar-refractivity contribution in [2.24, 2.45) is 5.73 Å². The first kappa shape index (κ1) is 14.8. The Bertz CT molecular complexity index is 503. The average Bonchev–Trinajstić information content (AvgIpc) is 2.48. The lowest BCUT2D eigenvalue weighted by atomic mass is 9.97. The summed E-state index contributed by atoms with van der Waals surface area (Å²) in [6.45, 7) is 1.71. The van der Waals surface area contributed by atoms with Crippen LogP contribution in [0.4, 0.5) is 0 Å². The third-order valence-corrected chi connectivity index (χ3v) is 7.17. The Balaban J connectivity index is 2.14. The van der Waals surface area contributed by atoms with Crippen LogP contribution in [0.15, 0.2) is 35.2 Å². The van der Waals surface area contributed by atoms with E-state index in [0.717, 1.165) is 12.8 Å². The molecular formula is C13H20N2O2S2. The van der Waals surface area contributed by atoms with Gasteiger partial charge in [-0.2, -0.15) is 16.1 Å². The number of sulfonamides is 1. The number of nitrogens with two attached hydrogens (primary N) is 1. The number of hydrogen-bond acceptors (Lipinski definition) is 4. The van der Waals surface area contributed by atoms with Crippen LogP contribution in [0.25, 0.3) is 0 Å². The second kappa shape index (κ2) is 5.83. The van der Waals surface area contributed by atoms with E-state index in [1.54, 1.807) is 40.3 Å². The van der Waals surface area contributed by atoms with Gasteiger partial charge >= 0.3 is 0 Å². The molecule has 4 nitrogen and oxygen atoms in total. The van der Waals surface area contributed by atoms with Crippen molar-refractivity contribution in [3.8, 4) is 0 Å². The van der Waals surface area contributed by atoms with Crippen molar-refractivity contribution in [3.63, 3.8) is 0 Å². The van der Waals surface area contributed by atoms with Gasteiger partial charge in [0.05, 0.1) is 4.90 Å². The summed E-state index contributed by atoms with van der Waals surface area (Å²) in [5.74, 6) is 0. The average molecular weight is 300 g/mol. The molecule has 6 heteroatoms. The highest BCUT2D eigenvalue weighted by molar-refractivity contribution is 8.00. The molecule has 19 heavy (non-hydrogen) atoms. The molecule has 0 spiro atoms. The fourth-order valence-corrected chi connectivity index (χ4v) is 4.59. The molecule has 0 aromatic heterocycles. The molecule has 1 heterocycles. The van der Waals surface area contributed by atoms with Gasteiger partial charge in [-0.25, -0.2) is 8.42 Å². The number of piperidine rings is 1. The molecular weight excluding hydrogens is 280 g/mol. The quantitative estimate of drug-likeness (QED) is 0.916. The molecule has 106 valence electrons. The van der Waals surface area contributed by atoms with Crippen molar-refractivity contribution in [2.45, 2.75) is 22.5 Å². The van der Waals surface area contributed by atoms with Gasteiger partial charge in [0, 0.05) is 24.4 Å². The van der Waals surface area contributed by atoms with Crippen molar-refractivity contribution in [1.29, 1.82) is 0 Å². The minimum Gasteiger partial charge on any atom is -0.329 e. The highest BCUT2D eigenvalue weighted by Gasteiger charge is 2.37. The maximum absolute atomic E-state index is 12.5. The molecule has 0 saturated carbocycles. The van der Waals surface area contributed by atoms with E-state index < -0.39 is 10.0 Å². The predicted molar refractivity (Wildman–Crippen MR) is 79.7 cm³/mol. The molecule has 2 rings (SSSR count). The van der Waals surface area contributed by atoms with Gasteiger partial charge in [0.15, 0.2) is 0 Å². The summed E-state index contributed by atoms with van der Waals surface area (Å²) in [6.07, 6.45) is 3.68. The van der Waals surface area contributed by atoms with Crippen LogP contribution in [-0.4, -0.2) is 43.4 Å². The van der Waals surface area contributed by atoms with Gasteiger partial charge in [0.1, 0.15) is 0 Å². The van der Waals surface area contributed by atoms with Gasteiger partial charge in [0.2, 0.25) is 10.0 Å². The lowest BCUT2D eigenvalue weighted by Crippen LogP contribution is -2.48. The van der Waals surface area contributed by atoms with Crippen LogP contribution in [-0.2, 0) is 10.0 Å². The number of benzene rings is 1. The van der Waals surface area contributed by atoms with E-state index in [4.69, 9.17) is 5.73 Å². The van der Waals surface area contributed by atoms with Crippen molar-refractivity contribution in [1.82, 2.24) is 4.31 Å². The van der Waals surface area contributed by atoms with Crippen LogP contribution >= 0.6 is 11.8 Å². The molecule has 0 bridgehead atoms. The van der Waals surface area contributed by atoms with Crippen LogP contribution in [0.3, 0.4) is 0 Å². The zero-order chi connectivity index (χ0) is 13.9. The molecule has 0 radical (unpaired) electrons. The Morgan fingerprint density at radius 1 is 1.26 bits per heavy atom. The van der Waals surface area contributed by atoms with E-state index in [-0.39, 0.29) is 4.75 Å². The molecule has 0 aliphatic carbocycles. The summed E-state index contributed by atoms with van der Waals surface area (Å²) in [5.41, 5.74) is 5.83. The molecule has 1 aliphatic heterocycles. The maximum atomic E-state index is 12.5. The van der Waals surface area contributed by atoms with Gasteiger partial charge < -0.3 is 5.73 Å². The topological polar surface area (TPSA) is 63.4 Å². The second-order valence-corrected chi connectivity index (χ2v) is 8.02. The van der Waals surface area contributed by atoms with Crippen molar-refractivity contribution < 1.29 is 8.42 Å². The SMILES string of the molecule is CSC1(CN)CCN(S(=O)(=O)c2ccccc2)CC1. The molecule has 1 fully saturated rings. The van der Waals surface area contributed by atoms with Crippen LogP contribution in [0.1, 0.15) is 12.8 Å². The number of thioether (sulfide) groups is 1. The number of nitrogens with zero attached hydrogens (tertiary/aromatic N) is 1. The summed E-state index contributed by atoms with van der Waals surface area (Å²) in [6, 6.07) is 8.62. The van der Waals surface area contributed by atoms with E-state index in [1.165, 1.54) is 0 Å². The third kappa shape index (κ3) is 2.97. The lowest BCUT2D eigenvalue weighted by Gasteiger charge is -2.39. The summed E-state index contributed by atoms with van der Waals surface area (Å²) in [5, 5.41) is 0. The molecule has 1 saturated heterocycles. The first-order chi connectivity index (χ1) is 9.04. The van der Waals surface area contributed by atoms with Crippen molar-refractivity contribution in [3.05, 3.63) is 30.3 Å². The summed E-state index contributed by atoms with van der Waals surface area (Å²) < 4.78 is 26.5. The fourth-order valence-electron chi connectivity index (χ4n) is 2.37. The van der Waals surface area contributed by atoms with Crippen LogP contribution < -0.4 is 5.73 Å².